The largest absolute Gasteiger partial charge is 0.366 e. The molecule has 3 rings (SSSR count). The van der Waals surface area contributed by atoms with Gasteiger partial charge >= 0.3 is 0 Å². The van der Waals surface area contributed by atoms with Crippen LogP contribution in [-0.4, -0.2) is 23.1 Å². The van der Waals surface area contributed by atoms with Crippen LogP contribution in [0.25, 0.3) is 10.2 Å². The molecule has 1 aliphatic rings. The van der Waals surface area contributed by atoms with Gasteiger partial charge in [-0.3, -0.25) is 0 Å². The van der Waals surface area contributed by atoms with Gasteiger partial charge < -0.3 is 10.6 Å². The van der Waals surface area contributed by atoms with Crippen molar-refractivity contribution in [3.8, 4) is 0 Å². The molecule has 0 radical (unpaired) electrons. The zero-order chi connectivity index (χ0) is 13.2. The Morgan fingerprint density at radius 2 is 2.11 bits per heavy atom. The Balaban J connectivity index is 1.92. The molecule has 2 aromatic heterocycles. The summed E-state index contributed by atoms with van der Waals surface area (Å²) in [5.74, 6) is 2.39. The van der Waals surface area contributed by atoms with Crippen molar-refractivity contribution >= 4 is 33.3 Å². The van der Waals surface area contributed by atoms with E-state index in [1.165, 1.54) is 25.7 Å². The third-order valence-electron chi connectivity index (χ3n) is 3.98. The lowest BCUT2D eigenvalue weighted by Crippen LogP contribution is -2.30. The molecule has 2 atom stereocenters. The highest BCUT2D eigenvalue weighted by molar-refractivity contribution is 7.16. The van der Waals surface area contributed by atoms with Crippen molar-refractivity contribution in [1.82, 2.24) is 9.97 Å². The van der Waals surface area contributed by atoms with Gasteiger partial charge in [-0.2, -0.15) is 4.98 Å². The van der Waals surface area contributed by atoms with E-state index < -0.39 is 0 Å². The van der Waals surface area contributed by atoms with E-state index in [0.29, 0.717) is 12.0 Å². The minimum absolute atomic E-state index is 0.538. The smallest absolute Gasteiger partial charge is 0.225 e. The maximum Gasteiger partial charge on any atom is 0.225 e. The summed E-state index contributed by atoms with van der Waals surface area (Å²) in [6.07, 6.45) is 5.23. The summed E-state index contributed by atoms with van der Waals surface area (Å²) in [5.41, 5.74) is 0. The standard InChI is InChI=1S/C14H20N4S/c1-9-5-3-4-6-11(9)16-12-10-7-8-19-13(10)18-14(15-2)17-12/h7-9,11H,3-6H2,1-2H3,(H2,15,16,17,18). The Labute approximate surface area is 117 Å². The lowest BCUT2D eigenvalue weighted by Gasteiger charge is -2.30. The molecule has 2 aromatic rings. The second kappa shape index (κ2) is 5.33. The first-order chi connectivity index (χ1) is 9.28. The van der Waals surface area contributed by atoms with Crippen LogP contribution in [0, 0.1) is 5.92 Å². The zero-order valence-electron chi connectivity index (χ0n) is 11.4. The minimum atomic E-state index is 0.538. The second-order valence-electron chi connectivity index (χ2n) is 5.30. The first-order valence-corrected chi connectivity index (χ1v) is 7.85. The van der Waals surface area contributed by atoms with Gasteiger partial charge in [0.25, 0.3) is 0 Å². The van der Waals surface area contributed by atoms with E-state index in [9.17, 15) is 0 Å². The fourth-order valence-electron chi connectivity index (χ4n) is 2.78. The number of anilines is 2. The van der Waals surface area contributed by atoms with Gasteiger partial charge in [-0.15, -0.1) is 11.3 Å². The molecule has 2 N–H and O–H groups in total. The Bertz CT molecular complexity index is 566. The molecule has 0 saturated heterocycles. The van der Waals surface area contributed by atoms with Crippen LogP contribution in [0.5, 0.6) is 0 Å². The van der Waals surface area contributed by atoms with Crippen LogP contribution in [-0.2, 0) is 0 Å². The van der Waals surface area contributed by atoms with Crippen molar-refractivity contribution in [1.29, 1.82) is 0 Å². The molecule has 102 valence electrons. The number of hydrogen-bond donors (Lipinski definition) is 2. The summed E-state index contributed by atoms with van der Waals surface area (Å²) in [5, 5.41) is 9.91. The second-order valence-corrected chi connectivity index (χ2v) is 6.19. The average Bonchev–Trinajstić information content (AvgIpc) is 2.89. The molecule has 2 heterocycles. The summed E-state index contributed by atoms with van der Waals surface area (Å²) in [7, 11) is 1.86. The molecule has 1 fully saturated rings. The molecule has 19 heavy (non-hydrogen) atoms. The Morgan fingerprint density at radius 1 is 1.26 bits per heavy atom. The summed E-state index contributed by atoms with van der Waals surface area (Å²) in [4.78, 5) is 10.1. The van der Waals surface area contributed by atoms with Gasteiger partial charge in [-0.1, -0.05) is 19.8 Å². The van der Waals surface area contributed by atoms with Crippen molar-refractivity contribution in [2.45, 2.75) is 38.6 Å². The summed E-state index contributed by atoms with van der Waals surface area (Å²) in [6, 6.07) is 2.64. The first-order valence-electron chi connectivity index (χ1n) is 6.97. The number of nitrogens with one attached hydrogen (secondary N) is 2. The van der Waals surface area contributed by atoms with Crippen LogP contribution < -0.4 is 10.6 Å². The molecule has 1 aliphatic carbocycles. The van der Waals surface area contributed by atoms with Crippen molar-refractivity contribution in [2.24, 2.45) is 5.92 Å². The Kier molecular flexibility index (Phi) is 3.55. The number of nitrogens with zero attached hydrogens (tertiary/aromatic N) is 2. The molecule has 0 amide bonds. The van der Waals surface area contributed by atoms with Gasteiger partial charge in [0.15, 0.2) is 0 Å². The van der Waals surface area contributed by atoms with Crippen molar-refractivity contribution in [3.05, 3.63) is 11.4 Å². The monoisotopic (exact) mass is 276 g/mol. The number of rotatable bonds is 3. The van der Waals surface area contributed by atoms with Gasteiger partial charge in [0, 0.05) is 13.1 Å². The average molecular weight is 276 g/mol. The zero-order valence-corrected chi connectivity index (χ0v) is 12.3. The lowest BCUT2D eigenvalue weighted by atomic mass is 9.86. The fourth-order valence-corrected chi connectivity index (χ4v) is 3.55. The molecule has 0 aliphatic heterocycles. The lowest BCUT2D eigenvalue weighted by molar-refractivity contribution is 0.349. The number of hydrogen-bond acceptors (Lipinski definition) is 5. The predicted molar refractivity (Wildman–Crippen MR) is 82.0 cm³/mol. The summed E-state index contributed by atoms with van der Waals surface area (Å²) < 4.78 is 0. The normalized spacial score (nSPS) is 23.5. The van der Waals surface area contributed by atoms with E-state index in [0.717, 1.165) is 22.0 Å². The van der Waals surface area contributed by atoms with Gasteiger partial charge in [0.1, 0.15) is 10.6 Å². The molecule has 5 heteroatoms. The van der Waals surface area contributed by atoms with Crippen LogP contribution in [0.4, 0.5) is 11.8 Å². The van der Waals surface area contributed by atoms with E-state index in [1.807, 2.05) is 7.05 Å². The molecule has 0 bridgehead atoms. The Morgan fingerprint density at radius 3 is 2.89 bits per heavy atom. The maximum absolute atomic E-state index is 4.59. The molecular formula is C14H20N4S. The molecule has 1 saturated carbocycles. The highest BCUT2D eigenvalue weighted by Crippen LogP contribution is 2.31. The minimum Gasteiger partial charge on any atom is -0.366 e. The van der Waals surface area contributed by atoms with Gasteiger partial charge in [-0.05, 0) is 30.2 Å². The summed E-state index contributed by atoms with van der Waals surface area (Å²) in [6.45, 7) is 2.34. The summed E-state index contributed by atoms with van der Waals surface area (Å²) >= 11 is 1.66. The van der Waals surface area contributed by atoms with E-state index >= 15 is 0 Å². The van der Waals surface area contributed by atoms with E-state index in [2.05, 4.69) is 39.0 Å². The van der Waals surface area contributed by atoms with Crippen LogP contribution in [0.3, 0.4) is 0 Å². The fraction of sp³-hybridized carbons (Fsp3) is 0.571. The molecular weight excluding hydrogens is 256 g/mol. The third-order valence-corrected chi connectivity index (χ3v) is 4.79. The van der Waals surface area contributed by atoms with Gasteiger partial charge in [0.05, 0.1) is 5.39 Å². The highest BCUT2D eigenvalue weighted by Gasteiger charge is 2.22. The van der Waals surface area contributed by atoms with Crippen LogP contribution in [0.2, 0.25) is 0 Å². The van der Waals surface area contributed by atoms with Crippen molar-refractivity contribution in [3.63, 3.8) is 0 Å². The van der Waals surface area contributed by atoms with Gasteiger partial charge in [-0.25, -0.2) is 4.98 Å². The van der Waals surface area contributed by atoms with Crippen LogP contribution >= 0.6 is 11.3 Å². The van der Waals surface area contributed by atoms with Crippen molar-refractivity contribution in [2.75, 3.05) is 17.7 Å². The molecule has 0 spiro atoms. The van der Waals surface area contributed by atoms with E-state index in [-0.39, 0.29) is 0 Å². The SMILES string of the molecule is CNc1nc(NC2CCCCC2C)c2ccsc2n1. The molecule has 4 nitrogen and oxygen atoms in total. The van der Waals surface area contributed by atoms with E-state index in [1.54, 1.807) is 11.3 Å². The number of fused-ring (bicyclic) bond motifs is 1. The quantitative estimate of drug-likeness (QED) is 0.897. The van der Waals surface area contributed by atoms with Gasteiger partial charge in [0.2, 0.25) is 5.95 Å². The van der Waals surface area contributed by atoms with Crippen LogP contribution in [0.15, 0.2) is 11.4 Å². The number of aromatic nitrogens is 2. The predicted octanol–water partition coefficient (Wildman–Crippen LogP) is 3.72. The van der Waals surface area contributed by atoms with Crippen LogP contribution in [0.1, 0.15) is 32.6 Å². The topological polar surface area (TPSA) is 49.8 Å². The Hall–Kier alpha value is -1.36. The van der Waals surface area contributed by atoms with Crippen molar-refractivity contribution < 1.29 is 0 Å². The third kappa shape index (κ3) is 2.52. The maximum atomic E-state index is 4.59. The highest BCUT2D eigenvalue weighted by atomic mass is 32.1. The number of thiophene rings is 1. The molecule has 0 aromatic carbocycles. The first kappa shape index (κ1) is 12.7. The van der Waals surface area contributed by atoms with E-state index in [4.69, 9.17) is 0 Å². The molecule has 2 unspecified atom stereocenters.